The molecular weight excluding hydrogens is 300 g/mol. The van der Waals surface area contributed by atoms with E-state index in [9.17, 15) is 4.79 Å². The Morgan fingerprint density at radius 2 is 2.00 bits per heavy atom. The van der Waals surface area contributed by atoms with E-state index in [1.165, 1.54) is 0 Å². The number of ether oxygens (including phenoxy) is 1. The highest BCUT2D eigenvalue weighted by molar-refractivity contribution is 6.30. The molecule has 22 heavy (non-hydrogen) atoms. The topological polar surface area (TPSA) is 50.7 Å². The lowest BCUT2D eigenvalue weighted by molar-refractivity contribution is -0.127. The number of halogens is 1. The van der Waals surface area contributed by atoms with Crippen molar-refractivity contribution in [1.82, 2.24) is 5.43 Å². The van der Waals surface area contributed by atoms with Crippen molar-refractivity contribution in [1.29, 1.82) is 0 Å². The van der Waals surface area contributed by atoms with Crippen molar-refractivity contribution in [2.75, 3.05) is 0 Å². The van der Waals surface area contributed by atoms with Gasteiger partial charge in [0.25, 0.3) is 5.91 Å². The monoisotopic (exact) mass is 316 g/mol. The molecule has 0 radical (unpaired) electrons. The predicted octanol–water partition coefficient (Wildman–Crippen LogP) is 3.57. The quantitative estimate of drug-likeness (QED) is 0.677. The maximum Gasteiger partial charge on any atom is 0.280 e. The molecule has 0 aliphatic carbocycles. The van der Waals surface area contributed by atoms with Crippen LogP contribution in [-0.2, 0) is 4.79 Å². The molecule has 1 N–H and O–H groups in total. The van der Waals surface area contributed by atoms with E-state index >= 15 is 0 Å². The molecule has 0 saturated heterocycles. The van der Waals surface area contributed by atoms with E-state index in [4.69, 9.17) is 16.3 Å². The Balaban J connectivity index is 1.87. The first-order valence-electron chi connectivity index (χ1n) is 6.86. The van der Waals surface area contributed by atoms with Gasteiger partial charge in [0.2, 0.25) is 0 Å². The zero-order valence-electron chi connectivity index (χ0n) is 12.4. The van der Waals surface area contributed by atoms with Crippen LogP contribution in [0.1, 0.15) is 18.1 Å². The summed E-state index contributed by atoms with van der Waals surface area (Å²) in [7, 11) is 0. The molecule has 0 spiro atoms. The molecular formula is C17H17ClN2O2. The number of carbonyl (C=O) groups excluding carboxylic acids is 1. The maximum absolute atomic E-state index is 11.9. The second-order valence-electron chi connectivity index (χ2n) is 4.86. The fraction of sp³-hybridized carbons (Fsp3) is 0.176. The molecule has 0 bridgehead atoms. The van der Waals surface area contributed by atoms with Crippen molar-refractivity contribution in [3.8, 4) is 5.75 Å². The summed E-state index contributed by atoms with van der Waals surface area (Å²) in [5.74, 6) is 0.344. The molecule has 0 aliphatic heterocycles. The Bertz CT molecular complexity index is 669. The maximum atomic E-state index is 11.9. The minimum absolute atomic E-state index is 0.313. The number of carbonyl (C=O) groups is 1. The number of aryl methyl sites for hydroxylation is 1. The molecule has 0 aliphatic rings. The number of amides is 1. The van der Waals surface area contributed by atoms with Crippen molar-refractivity contribution in [3.63, 3.8) is 0 Å². The number of nitrogens with zero attached hydrogens (tertiary/aromatic N) is 1. The molecule has 0 fully saturated rings. The van der Waals surface area contributed by atoms with Crippen LogP contribution >= 0.6 is 11.6 Å². The number of hydrogen-bond acceptors (Lipinski definition) is 3. The van der Waals surface area contributed by atoms with Crippen LogP contribution in [0.3, 0.4) is 0 Å². The molecule has 5 heteroatoms. The summed E-state index contributed by atoms with van der Waals surface area (Å²) in [6.45, 7) is 3.64. The fourth-order valence-electron chi connectivity index (χ4n) is 1.76. The van der Waals surface area contributed by atoms with Gasteiger partial charge >= 0.3 is 0 Å². The van der Waals surface area contributed by atoms with Crippen molar-refractivity contribution in [3.05, 3.63) is 64.7 Å². The van der Waals surface area contributed by atoms with Crippen molar-refractivity contribution in [2.45, 2.75) is 20.0 Å². The Kier molecular flexibility index (Phi) is 5.55. The molecule has 2 rings (SSSR count). The van der Waals surface area contributed by atoms with Crippen LogP contribution < -0.4 is 10.2 Å². The minimum atomic E-state index is -0.635. The van der Waals surface area contributed by atoms with Crippen LogP contribution in [-0.4, -0.2) is 18.2 Å². The van der Waals surface area contributed by atoms with E-state index in [2.05, 4.69) is 10.5 Å². The standard InChI is InChI=1S/C17H17ClN2O2/c1-12-4-3-5-16(10-12)22-13(2)17(21)20-19-11-14-6-8-15(18)9-7-14/h3-11,13H,1-2H3,(H,20,21)/b19-11-/t13-/m0/s1. The summed E-state index contributed by atoms with van der Waals surface area (Å²) in [6.07, 6.45) is 0.914. The third kappa shape index (κ3) is 4.90. The summed E-state index contributed by atoms with van der Waals surface area (Å²) >= 11 is 5.80. The van der Waals surface area contributed by atoms with Gasteiger partial charge in [-0.3, -0.25) is 4.79 Å². The highest BCUT2D eigenvalue weighted by atomic mass is 35.5. The lowest BCUT2D eigenvalue weighted by Crippen LogP contribution is -2.33. The van der Waals surface area contributed by atoms with Gasteiger partial charge in [0.15, 0.2) is 6.10 Å². The average Bonchev–Trinajstić information content (AvgIpc) is 2.49. The van der Waals surface area contributed by atoms with Crippen molar-refractivity contribution >= 4 is 23.7 Å². The number of benzene rings is 2. The first-order chi connectivity index (χ1) is 10.5. The van der Waals surface area contributed by atoms with E-state index in [0.29, 0.717) is 10.8 Å². The van der Waals surface area contributed by atoms with Gasteiger partial charge < -0.3 is 4.74 Å². The number of rotatable bonds is 5. The predicted molar refractivity (Wildman–Crippen MR) is 88.5 cm³/mol. The van der Waals surface area contributed by atoms with Gasteiger partial charge in [-0.25, -0.2) is 5.43 Å². The van der Waals surface area contributed by atoms with E-state index in [0.717, 1.165) is 11.1 Å². The molecule has 4 nitrogen and oxygen atoms in total. The van der Waals surface area contributed by atoms with Gasteiger partial charge in [0, 0.05) is 5.02 Å². The molecule has 2 aromatic rings. The lowest BCUT2D eigenvalue weighted by Gasteiger charge is -2.13. The third-order valence-electron chi connectivity index (χ3n) is 2.93. The lowest BCUT2D eigenvalue weighted by atomic mass is 10.2. The van der Waals surface area contributed by atoms with Crippen LogP contribution in [0, 0.1) is 6.92 Å². The highest BCUT2D eigenvalue weighted by Crippen LogP contribution is 2.14. The van der Waals surface area contributed by atoms with Gasteiger partial charge in [0.05, 0.1) is 6.21 Å². The highest BCUT2D eigenvalue weighted by Gasteiger charge is 2.13. The Hall–Kier alpha value is -2.33. The van der Waals surface area contributed by atoms with E-state index in [1.54, 1.807) is 25.3 Å². The zero-order valence-corrected chi connectivity index (χ0v) is 13.2. The van der Waals surface area contributed by atoms with Crippen LogP contribution in [0.5, 0.6) is 5.75 Å². The summed E-state index contributed by atoms with van der Waals surface area (Å²) in [5.41, 5.74) is 4.37. The Morgan fingerprint density at radius 1 is 1.27 bits per heavy atom. The summed E-state index contributed by atoms with van der Waals surface area (Å²) in [4.78, 5) is 11.9. The van der Waals surface area contributed by atoms with Gasteiger partial charge in [-0.15, -0.1) is 0 Å². The molecule has 1 atom stereocenters. The van der Waals surface area contributed by atoms with Gasteiger partial charge in [-0.1, -0.05) is 35.9 Å². The number of hydrazone groups is 1. The number of hydrogen-bond donors (Lipinski definition) is 1. The normalized spacial score (nSPS) is 12.1. The second-order valence-corrected chi connectivity index (χ2v) is 5.30. The average molecular weight is 317 g/mol. The first-order valence-corrected chi connectivity index (χ1v) is 7.24. The summed E-state index contributed by atoms with van der Waals surface area (Å²) < 4.78 is 5.57. The van der Waals surface area contributed by atoms with Gasteiger partial charge in [-0.2, -0.15) is 5.10 Å². The molecule has 1 amide bonds. The van der Waals surface area contributed by atoms with Gasteiger partial charge in [-0.05, 0) is 49.2 Å². The molecule has 0 saturated carbocycles. The van der Waals surface area contributed by atoms with Crippen LogP contribution in [0.4, 0.5) is 0 Å². The number of nitrogens with one attached hydrogen (secondary N) is 1. The Labute approximate surface area is 134 Å². The molecule has 0 heterocycles. The SMILES string of the molecule is Cc1cccc(O[C@@H](C)C(=O)N/N=C\c2ccc(Cl)cc2)c1. The Morgan fingerprint density at radius 3 is 2.68 bits per heavy atom. The summed E-state index contributed by atoms with van der Waals surface area (Å²) in [6, 6.07) is 14.7. The van der Waals surface area contributed by atoms with E-state index < -0.39 is 6.10 Å². The molecule has 0 unspecified atom stereocenters. The zero-order chi connectivity index (χ0) is 15.9. The van der Waals surface area contributed by atoms with Crippen LogP contribution in [0.25, 0.3) is 0 Å². The summed E-state index contributed by atoms with van der Waals surface area (Å²) in [5, 5.41) is 4.56. The van der Waals surface area contributed by atoms with E-state index in [-0.39, 0.29) is 5.91 Å². The molecule has 2 aromatic carbocycles. The minimum Gasteiger partial charge on any atom is -0.481 e. The molecule has 0 aromatic heterocycles. The van der Waals surface area contributed by atoms with Gasteiger partial charge in [0.1, 0.15) is 5.75 Å². The molecule has 114 valence electrons. The fourth-order valence-corrected chi connectivity index (χ4v) is 1.88. The smallest absolute Gasteiger partial charge is 0.280 e. The first kappa shape index (κ1) is 16.0. The van der Waals surface area contributed by atoms with Crippen molar-refractivity contribution < 1.29 is 9.53 Å². The second kappa shape index (κ2) is 7.61. The largest absolute Gasteiger partial charge is 0.481 e. The van der Waals surface area contributed by atoms with Crippen molar-refractivity contribution in [2.24, 2.45) is 5.10 Å². The third-order valence-corrected chi connectivity index (χ3v) is 3.18. The van der Waals surface area contributed by atoms with E-state index in [1.807, 2.05) is 43.3 Å². The van der Waals surface area contributed by atoms with Crippen LogP contribution in [0.15, 0.2) is 53.6 Å². The van der Waals surface area contributed by atoms with Crippen LogP contribution in [0.2, 0.25) is 5.02 Å².